The van der Waals surface area contributed by atoms with Crippen LogP contribution in [0.1, 0.15) is 18.4 Å². The SMILES string of the molecule is CN(Cc1ccccc1)C(=O)C1=CC=C(N2CCCC2)[N+]1(C)C. The smallest absolute Gasteiger partial charge is 0.308 e. The molecule has 0 spiro atoms. The molecule has 122 valence electrons. The Bertz CT molecular complexity index is 640. The molecule has 23 heavy (non-hydrogen) atoms. The molecule has 0 bridgehead atoms. The first-order valence-corrected chi connectivity index (χ1v) is 8.31. The first-order valence-electron chi connectivity index (χ1n) is 8.31. The number of hydrogen-bond acceptors (Lipinski definition) is 2. The van der Waals surface area contributed by atoms with Gasteiger partial charge in [-0.1, -0.05) is 30.3 Å². The Morgan fingerprint density at radius 1 is 1.13 bits per heavy atom. The largest absolute Gasteiger partial charge is 0.333 e. The number of nitrogens with zero attached hydrogens (tertiary/aromatic N) is 3. The van der Waals surface area contributed by atoms with Crippen molar-refractivity contribution in [2.24, 2.45) is 0 Å². The molecule has 1 saturated heterocycles. The topological polar surface area (TPSA) is 23.6 Å². The van der Waals surface area contributed by atoms with Gasteiger partial charge in [0.15, 0.2) is 0 Å². The molecule has 1 amide bonds. The van der Waals surface area contributed by atoms with Gasteiger partial charge in [0.25, 0.3) is 0 Å². The summed E-state index contributed by atoms with van der Waals surface area (Å²) >= 11 is 0. The highest BCUT2D eigenvalue weighted by atomic mass is 16.2. The van der Waals surface area contributed by atoms with Gasteiger partial charge in [-0.3, -0.25) is 4.79 Å². The van der Waals surface area contributed by atoms with E-state index in [-0.39, 0.29) is 5.91 Å². The highest BCUT2D eigenvalue weighted by Crippen LogP contribution is 2.32. The molecule has 0 N–H and O–H groups in total. The molecule has 0 atom stereocenters. The van der Waals surface area contributed by atoms with E-state index < -0.39 is 0 Å². The molecule has 2 heterocycles. The Labute approximate surface area is 138 Å². The standard InChI is InChI=1S/C19H26N3O/c1-20(15-16-9-5-4-6-10-16)19(23)17-11-12-18(22(17,2)3)21-13-7-8-14-21/h4-6,9-12H,7-8,13-15H2,1-3H3/q+1. The Morgan fingerprint density at radius 2 is 1.78 bits per heavy atom. The number of likely N-dealkylation sites (tertiary alicyclic amines) is 1. The molecule has 4 heteroatoms. The van der Waals surface area contributed by atoms with Crippen LogP contribution >= 0.6 is 0 Å². The van der Waals surface area contributed by atoms with E-state index in [4.69, 9.17) is 0 Å². The maximum Gasteiger partial charge on any atom is 0.308 e. The molecular weight excluding hydrogens is 286 g/mol. The number of carbonyl (C=O) groups excluding carboxylic acids is 1. The highest BCUT2D eigenvalue weighted by molar-refractivity contribution is 5.92. The predicted octanol–water partition coefficient (Wildman–Crippen LogP) is 2.56. The summed E-state index contributed by atoms with van der Waals surface area (Å²) in [5.74, 6) is 1.34. The number of hydrogen-bond donors (Lipinski definition) is 0. The zero-order valence-electron chi connectivity index (χ0n) is 14.3. The van der Waals surface area contributed by atoms with Gasteiger partial charge >= 0.3 is 5.91 Å². The Morgan fingerprint density at radius 3 is 2.43 bits per heavy atom. The minimum Gasteiger partial charge on any atom is -0.333 e. The maximum absolute atomic E-state index is 12.9. The molecule has 0 aliphatic carbocycles. The van der Waals surface area contributed by atoms with E-state index in [2.05, 4.69) is 37.2 Å². The molecule has 1 fully saturated rings. The van der Waals surface area contributed by atoms with Crippen molar-refractivity contribution >= 4 is 5.91 Å². The third-order valence-electron chi connectivity index (χ3n) is 4.82. The summed E-state index contributed by atoms with van der Waals surface area (Å²) in [5.41, 5.74) is 1.99. The number of likely N-dealkylation sites (N-methyl/N-ethyl adjacent to an activating group) is 2. The molecule has 0 aromatic heterocycles. The number of rotatable bonds is 4. The molecule has 4 nitrogen and oxygen atoms in total. The third-order valence-corrected chi connectivity index (χ3v) is 4.82. The predicted molar refractivity (Wildman–Crippen MR) is 92.0 cm³/mol. The van der Waals surface area contributed by atoms with Crippen LogP contribution in [0, 0.1) is 0 Å². The summed E-state index contributed by atoms with van der Waals surface area (Å²) in [7, 11) is 6.10. The average molecular weight is 312 g/mol. The third kappa shape index (κ3) is 3.04. The number of benzene rings is 1. The van der Waals surface area contributed by atoms with Crippen LogP contribution in [-0.2, 0) is 11.3 Å². The minimum atomic E-state index is 0.101. The molecule has 2 aliphatic rings. The number of amides is 1. The molecular formula is C19H26N3O+. The van der Waals surface area contributed by atoms with Crippen molar-refractivity contribution in [2.45, 2.75) is 19.4 Å². The Kier molecular flexibility index (Phi) is 4.26. The summed E-state index contributed by atoms with van der Waals surface area (Å²) in [6, 6.07) is 10.1. The van der Waals surface area contributed by atoms with E-state index in [0.717, 1.165) is 24.4 Å². The van der Waals surface area contributed by atoms with Gasteiger partial charge in [0.05, 0.1) is 14.1 Å². The monoisotopic (exact) mass is 312 g/mol. The fourth-order valence-electron chi connectivity index (χ4n) is 3.49. The van der Waals surface area contributed by atoms with Crippen LogP contribution in [0.25, 0.3) is 0 Å². The van der Waals surface area contributed by atoms with E-state index >= 15 is 0 Å². The van der Waals surface area contributed by atoms with Crippen LogP contribution in [0.5, 0.6) is 0 Å². The molecule has 0 saturated carbocycles. The lowest BCUT2D eigenvalue weighted by atomic mass is 10.2. The van der Waals surface area contributed by atoms with Crippen molar-refractivity contribution in [1.29, 1.82) is 0 Å². The van der Waals surface area contributed by atoms with Crippen molar-refractivity contribution in [3.05, 3.63) is 59.6 Å². The summed E-state index contributed by atoms with van der Waals surface area (Å²) in [5, 5.41) is 0. The van der Waals surface area contributed by atoms with Crippen molar-refractivity contribution in [3.63, 3.8) is 0 Å². The first-order chi connectivity index (χ1) is 11.0. The van der Waals surface area contributed by atoms with E-state index in [0.29, 0.717) is 11.0 Å². The molecule has 0 unspecified atom stereocenters. The van der Waals surface area contributed by atoms with Crippen molar-refractivity contribution in [1.82, 2.24) is 9.80 Å². The van der Waals surface area contributed by atoms with Gasteiger partial charge in [-0.25, -0.2) is 4.48 Å². The van der Waals surface area contributed by atoms with E-state index in [1.54, 1.807) is 0 Å². The van der Waals surface area contributed by atoms with Crippen LogP contribution < -0.4 is 0 Å². The molecule has 0 radical (unpaired) electrons. The summed E-state index contributed by atoms with van der Waals surface area (Å²) < 4.78 is 0.540. The minimum absolute atomic E-state index is 0.101. The van der Waals surface area contributed by atoms with Gasteiger partial charge < -0.3 is 9.80 Å². The maximum atomic E-state index is 12.9. The van der Waals surface area contributed by atoms with Gasteiger partial charge in [0.2, 0.25) is 11.5 Å². The second-order valence-electron chi connectivity index (χ2n) is 6.87. The van der Waals surface area contributed by atoms with Gasteiger partial charge in [0, 0.05) is 38.8 Å². The van der Waals surface area contributed by atoms with Crippen molar-refractivity contribution in [3.8, 4) is 0 Å². The highest BCUT2D eigenvalue weighted by Gasteiger charge is 2.41. The van der Waals surface area contributed by atoms with E-state index in [1.165, 1.54) is 18.7 Å². The average Bonchev–Trinajstić information content (AvgIpc) is 3.14. The fraction of sp³-hybridized carbons (Fsp3) is 0.421. The lowest BCUT2D eigenvalue weighted by molar-refractivity contribution is -0.815. The Hall–Kier alpha value is -2.07. The van der Waals surface area contributed by atoms with Gasteiger partial charge in [0.1, 0.15) is 0 Å². The lowest BCUT2D eigenvalue weighted by Crippen LogP contribution is -2.47. The van der Waals surface area contributed by atoms with Crippen molar-refractivity contribution in [2.75, 3.05) is 34.2 Å². The van der Waals surface area contributed by atoms with E-state index in [1.807, 2.05) is 36.2 Å². The molecule has 1 aromatic carbocycles. The summed E-state index contributed by atoms with van der Waals surface area (Å²) in [6.07, 6.45) is 6.61. The second-order valence-corrected chi connectivity index (χ2v) is 6.87. The van der Waals surface area contributed by atoms with Crippen LogP contribution in [0.4, 0.5) is 0 Å². The first kappa shape index (κ1) is 15.8. The summed E-state index contributed by atoms with van der Waals surface area (Å²) in [6.45, 7) is 2.83. The van der Waals surface area contributed by atoms with E-state index in [9.17, 15) is 4.79 Å². The zero-order chi connectivity index (χ0) is 16.4. The van der Waals surface area contributed by atoms with Gasteiger partial charge in [-0.05, 0) is 18.4 Å². The van der Waals surface area contributed by atoms with Gasteiger partial charge in [-0.15, -0.1) is 0 Å². The molecule has 2 aliphatic heterocycles. The number of allylic oxidation sites excluding steroid dienone is 2. The van der Waals surface area contributed by atoms with Gasteiger partial charge in [-0.2, -0.15) is 0 Å². The Balaban J connectivity index is 1.70. The molecule has 3 rings (SSSR count). The normalized spacial score (nSPS) is 19.5. The summed E-state index contributed by atoms with van der Waals surface area (Å²) in [4.78, 5) is 17.1. The number of carbonyl (C=O) groups is 1. The number of quaternary nitrogens is 1. The fourth-order valence-corrected chi connectivity index (χ4v) is 3.49. The second kappa shape index (κ2) is 6.20. The zero-order valence-corrected chi connectivity index (χ0v) is 14.3. The molecule has 1 aromatic rings. The lowest BCUT2D eigenvalue weighted by Gasteiger charge is -2.34. The van der Waals surface area contributed by atoms with Crippen LogP contribution in [0.3, 0.4) is 0 Å². The van der Waals surface area contributed by atoms with Crippen LogP contribution in [-0.4, -0.2) is 54.4 Å². The quantitative estimate of drug-likeness (QED) is 0.798. The van der Waals surface area contributed by atoms with Crippen molar-refractivity contribution < 1.29 is 9.28 Å². The van der Waals surface area contributed by atoms with Crippen LogP contribution in [0.2, 0.25) is 0 Å². The van der Waals surface area contributed by atoms with Crippen LogP contribution in [0.15, 0.2) is 54.0 Å².